The van der Waals surface area contributed by atoms with Gasteiger partial charge in [-0.3, -0.25) is 4.40 Å². The highest BCUT2D eigenvalue weighted by Crippen LogP contribution is 2.21. The molecule has 2 aromatic heterocycles. The van der Waals surface area contributed by atoms with Crippen LogP contribution in [0.1, 0.15) is 30.8 Å². The molecule has 0 atom stereocenters. The predicted octanol–water partition coefficient (Wildman–Crippen LogP) is 3.35. The number of benzene rings is 1. The fraction of sp³-hybridized carbons (Fsp3) is 0.381. The maximum atomic E-state index is 5.75. The fourth-order valence-electron chi connectivity index (χ4n) is 2.94. The Labute approximate surface area is 189 Å². The average molecular weight is 508 g/mol. The zero-order valence-corrected chi connectivity index (χ0v) is 19.5. The highest BCUT2D eigenvalue weighted by molar-refractivity contribution is 14.0. The molecule has 0 unspecified atom stereocenters. The SMILES string of the molecule is CCNC(=NCc1ccc(C)cc1OCC)NCCc1nnc2ccccn12.I. The van der Waals surface area contributed by atoms with Crippen molar-refractivity contribution in [1.82, 2.24) is 25.2 Å². The van der Waals surface area contributed by atoms with Gasteiger partial charge in [0.25, 0.3) is 0 Å². The van der Waals surface area contributed by atoms with E-state index in [-0.39, 0.29) is 24.0 Å². The average Bonchev–Trinajstić information content (AvgIpc) is 3.11. The number of fused-ring (bicyclic) bond motifs is 1. The van der Waals surface area contributed by atoms with E-state index in [0.29, 0.717) is 19.7 Å². The summed E-state index contributed by atoms with van der Waals surface area (Å²) in [6.45, 7) is 8.83. The third kappa shape index (κ3) is 6.31. The molecule has 0 aliphatic heterocycles. The van der Waals surface area contributed by atoms with Crippen LogP contribution in [0.25, 0.3) is 5.65 Å². The van der Waals surface area contributed by atoms with E-state index >= 15 is 0 Å². The monoisotopic (exact) mass is 508 g/mol. The number of ether oxygens (including phenoxy) is 1. The second kappa shape index (κ2) is 11.6. The van der Waals surface area contributed by atoms with Crippen LogP contribution in [-0.2, 0) is 13.0 Å². The molecule has 0 aliphatic carbocycles. The molecule has 3 aromatic rings. The smallest absolute Gasteiger partial charge is 0.191 e. The lowest BCUT2D eigenvalue weighted by Gasteiger charge is -2.13. The van der Waals surface area contributed by atoms with Gasteiger partial charge in [-0.1, -0.05) is 18.2 Å². The molecule has 2 N–H and O–H groups in total. The van der Waals surface area contributed by atoms with Crippen LogP contribution >= 0.6 is 24.0 Å². The van der Waals surface area contributed by atoms with E-state index in [0.717, 1.165) is 41.7 Å². The summed E-state index contributed by atoms with van der Waals surface area (Å²) in [5.41, 5.74) is 3.12. The molecular weight excluding hydrogens is 479 g/mol. The molecule has 0 aliphatic rings. The Morgan fingerprint density at radius 2 is 2.00 bits per heavy atom. The number of nitrogens with zero attached hydrogens (tertiary/aromatic N) is 4. The molecule has 1 aromatic carbocycles. The van der Waals surface area contributed by atoms with Crippen LogP contribution in [0.5, 0.6) is 5.75 Å². The quantitative estimate of drug-likeness (QED) is 0.277. The second-order valence-electron chi connectivity index (χ2n) is 6.46. The minimum absolute atomic E-state index is 0. The number of pyridine rings is 1. The lowest BCUT2D eigenvalue weighted by atomic mass is 10.1. The first kappa shape index (κ1) is 22.9. The molecule has 3 rings (SSSR count). The first-order chi connectivity index (χ1) is 13.7. The van der Waals surface area contributed by atoms with Crippen LogP contribution in [0, 0.1) is 6.92 Å². The Balaban J connectivity index is 0.00000300. The molecule has 0 amide bonds. The van der Waals surface area contributed by atoms with Crippen LogP contribution in [-0.4, -0.2) is 40.3 Å². The van der Waals surface area contributed by atoms with E-state index in [1.807, 2.05) is 35.7 Å². The predicted molar refractivity (Wildman–Crippen MR) is 127 cm³/mol. The standard InChI is InChI=1S/C21H28N6O.HI/c1-4-22-21(24-15-17-10-9-16(3)14-18(17)28-5-2)23-12-11-20-26-25-19-8-6-7-13-27(19)20;/h6-10,13-14H,4-5,11-12,15H2,1-3H3,(H2,22,23,24);1H. The number of halogens is 1. The first-order valence-electron chi connectivity index (χ1n) is 9.74. The first-order valence-corrected chi connectivity index (χ1v) is 9.74. The fourth-order valence-corrected chi connectivity index (χ4v) is 2.94. The molecule has 8 heteroatoms. The van der Waals surface area contributed by atoms with Gasteiger partial charge >= 0.3 is 0 Å². The summed E-state index contributed by atoms with van der Waals surface area (Å²) < 4.78 is 7.76. The molecule has 0 radical (unpaired) electrons. The largest absolute Gasteiger partial charge is 0.494 e. The van der Waals surface area contributed by atoms with Gasteiger partial charge in [-0.25, -0.2) is 4.99 Å². The van der Waals surface area contributed by atoms with Crippen LogP contribution in [0.15, 0.2) is 47.6 Å². The molecule has 2 heterocycles. The topological polar surface area (TPSA) is 75.8 Å². The van der Waals surface area contributed by atoms with Crippen molar-refractivity contribution in [3.05, 3.63) is 59.5 Å². The van der Waals surface area contributed by atoms with E-state index in [1.54, 1.807) is 0 Å². The van der Waals surface area contributed by atoms with Gasteiger partial charge in [0.1, 0.15) is 11.6 Å². The number of aryl methyl sites for hydroxylation is 1. The van der Waals surface area contributed by atoms with Crippen molar-refractivity contribution in [2.24, 2.45) is 4.99 Å². The third-order valence-electron chi connectivity index (χ3n) is 4.30. The summed E-state index contributed by atoms with van der Waals surface area (Å²) in [6, 6.07) is 12.1. The van der Waals surface area contributed by atoms with Crippen LogP contribution in [0.2, 0.25) is 0 Å². The van der Waals surface area contributed by atoms with E-state index in [1.165, 1.54) is 5.56 Å². The molecule has 0 fully saturated rings. The van der Waals surface area contributed by atoms with Gasteiger partial charge in [-0.15, -0.1) is 34.2 Å². The summed E-state index contributed by atoms with van der Waals surface area (Å²) in [7, 11) is 0. The van der Waals surface area contributed by atoms with Crippen LogP contribution < -0.4 is 15.4 Å². The van der Waals surface area contributed by atoms with Gasteiger partial charge < -0.3 is 15.4 Å². The van der Waals surface area contributed by atoms with Gasteiger partial charge in [-0.2, -0.15) is 0 Å². The van der Waals surface area contributed by atoms with E-state index in [9.17, 15) is 0 Å². The molecular formula is C21H29IN6O. The normalized spacial score (nSPS) is 11.2. The van der Waals surface area contributed by atoms with Crippen molar-refractivity contribution in [3.8, 4) is 5.75 Å². The minimum Gasteiger partial charge on any atom is -0.494 e. The van der Waals surface area contributed by atoms with Crippen molar-refractivity contribution < 1.29 is 4.74 Å². The minimum atomic E-state index is 0. The number of nitrogens with one attached hydrogen (secondary N) is 2. The van der Waals surface area contributed by atoms with Gasteiger partial charge in [0.05, 0.1) is 13.2 Å². The Hall–Kier alpha value is -2.36. The lowest BCUT2D eigenvalue weighted by molar-refractivity contribution is 0.336. The Morgan fingerprint density at radius 3 is 2.79 bits per heavy atom. The zero-order valence-electron chi connectivity index (χ0n) is 17.2. The summed E-state index contributed by atoms with van der Waals surface area (Å²) >= 11 is 0. The summed E-state index contributed by atoms with van der Waals surface area (Å²) in [5, 5.41) is 15.1. The second-order valence-corrected chi connectivity index (χ2v) is 6.46. The zero-order chi connectivity index (χ0) is 19.8. The van der Waals surface area contributed by atoms with E-state index < -0.39 is 0 Å². The molecule has 0 bridgehead atoms. The molecule has 0 saturated heterocycles. The van der Waals surface area contributed by atoms with Gasteiger partial charge in [0, 0.05) is 31.3 Å². The maximum Gasteiger partial charge on any atom is 0.191 e. The molecule has 156 valence electrons. The lowest BCUT2D eigenvalue weighted by Crippen LogP contribution is -2.38. The highest BCUT2D eigenvalue weighted by atomic mass is 127. The number of rotatable bonds is 8. The summed E-state index contributed by atoms with van der Waals surface area (Å²) in [4.78, 5) is 4.71. The van der Waals surface area contributed by atoms with Crippen LogP contribution in [0.4, 0.5) is 0 Å². The molecule has 29 heavy (non-hydrogen) atoms. The van der Waals surface area contributed by atoms with Gasteiger partial charge in [0.2, 0.25) is 0 Å². The van der Waals surface area contributed by atoms with Gasteiger partial charge in [-0.05, 0) is 44.5 Å². The van der Waals surface area contributed by atoms with E-state index in [4.69, 9.17) is 9.73 Å². The van der Waals surface area contributed by atoms with Gasteiger partial charge in [0.15, 0.2) is 11.6 Å². The molecule has 0 spiro atoms. The molecule has 7 nitrogen and oxygen atoms in total. The third-order valence-corrected chi connectivity index (χ3v) is 4.30. The Bertz CT molecular complexity index is 940. The summed E-state index contributed by atoms with van der Waals surface area (Å²) in [6.07, 6.45) is 2.74. The van der Waals surface area contributed by atoms with Crippen LogP contribution in [0.3, 0.4) is 0 Å². The van der Waals surface area contributed by atoms with E-state index in [2.05, 4.69) is 52.9 Å². The number of guanidine groups is 1. The Kier molecular flexibility index (Phi) is 9.17. The number of hydrogen-bond acceptors (Lipinski definition) is 4. The van der Waals surface area contributed by atoms with Crippen molar-refractivity contribution in [1.29, 1.82) is 0 Å². The highest BCUT2D eigenvalue weighted by Gasteiger charge is 2.06. The number of aliphatic imine (C=N–C) groups is 1. The molecule has 0 saturated carbocycles. The summed E-state index contributed by atoms with van der Waals surface area (Å²) in [5.74, 6) is 2.60. The number of hydrogen-bond donors (Lipinski definition) is 2. The van der Waals surface area contributed by atoms with Crippen molar-refractivity contribution in [3.63, 3.8) is 0 Å². The van der Waals surface area contributed by atoms with Crippen molar-refractivity contribution in [2.45, 2.75) is 33.7 Å². The maximum absolute atomic E-state index is 5.75. The van der Waals surface area contributed by atoms with Crippen molar-refractivity contribution in [2.75, 3.05) is 19.7 Å². The number of aromatic nitrogens is 3. The van der Waals surface area contributed by atoms with Crippen molar-refractivity contribution >= 4 is 35.6 Å². The Morgan fingerprint density at radius 1 is 1.14 bits per heavy atom.